The molecule has 0 saturated carbocycles. The minimum atomic E-state index is -4.32. The Labute approximate surface area is 150 Å². The summed E-state index contributed by atoms with van der Waals surface area (Å²) in [5.74, 6) is -2.79. The molecule has 0 heterocycles. The van der Waals surface area contributed by atoms with Gasteiger partial charge in [-0.3, -0.25) is 9.35 Å². The van der Waals surface area contributed by atoms with E-state index in [9.17, 15) is 26.4 Å². The largest absolute Gasteiger partial charge is 0.480 e. The van der Waals surface area contributed by atoms with Crippen LogP contribution in [0, 0.1) is 0 Å². The summed E-state index contributed by atoms with van der Waals surface area (Å²) in [6.45, 7) is 4.76. The molecular weight excluding hydrogens is 387 g/mol. The standard InChI is InChI=1S/C12H16F3N.C2H4O5S.ClH/c1-3-16-9(2)7-10-5-4-6-11(8-10)12(13,14)15;3-2(4)1-8(5,6)7;/h4-6,8-9,16H,3,7H2,1-2H3;1H2,(H,3,4)(H,5,6,7);1H. The van der Waals surface area contributed by atoms with Gasteiger partial charge in [-0.2, -0.15) is 21.6 Å². The van der Waals surface area contributed by atoms with Crippen LogP contribution in [-0.4, -0.2) is 42.4 Å². The second-order valence-corrected chi connectivity index (χ2v) is 6.43. The van der Waals surface area contributed by atoms with Crippen LogP contribution >= 0.6 is 12.4 Å². The number of benzene rings is 1. The van der Waals surface area contributed by atoms with E-state index in [2.05, 4.69) is 5.32 Å². The molecule has 25 heavy (non-hydrogen) atoms. The molecule has 0 aromatic heterocycles. The molecule has 0 fully saturated rings. The van der Waals surface area contributed by atoms with Crippen molar-refractivity contribution in [1.29, 1.82) is 0 Å². The maximum atomic E-state index is 12.4. The second-order valence-electron chi connectivity index (χ2n) is 4.98. The number of rotatable bonds is 6. The van der Waals surface area contributed by atoms with Crippen molar-refractivity contribution >= 4 is 28.5 Å². The second kappa shape index (κ2) is 11.3. The highest BCUT2D eigenvalue weighted by Gasteiger charge is 2.30. The predicted octanol–water partition coefficient (Wildman–Crippen LogP) is 2.63. The first-order valence-electron chi connectivity index (χ1n) is 6.91. The molecule has 0 aliphatic rings. The van der Waals surface area contributed by atoms with Crippen molar-refractivity contribution in [1.82, 2.24) is 5.32 Å². The van der Waals surface area contributed by atoms with Gasteiger partial charge in [-0.25, -0.2) is 0 Å². The molecule has 1 aromatic rings. The molecule has 1 aromatic carbocycles. The van der Waals surface area contributed by atoms with Crippen LogP contribution < -0.4 is 5.32 Å². The van der Waals surface area contributed by atoms with Crippen LogP contribution in [0.1, 0.15) is 25.0 Å². The molecule has 0 aliphatic carbocycles. The third kappa shape index (κ3) is 13.6. The van der Waals surface area contributed by atoms with E-state index in [1.807, 2.05) is 13.8 Å². The summed E-state index contributed by atoms with van der Waals surface area (Å²) in [4.78, 5) is 9.48. The van der Waals surface area contributed by atoms with Crippen LogP contribution in [0.15, 0.2) is 24.3 Å². The number of carbonyl (C=O) groups is 1. The Hall–Kier alpha value is -1.36. The molecule has 146 valence electrons. The molecule has 3 N–H and O–H groups in total. The van der Waals surface area contributed by atoms with E-state index < -0.39 is 33.6 Å². The van der Waals surface area contributed by atoms with E-state index in [1.165, 1.54) is 12.1 Å². The lowest BCUT2D eigenvalue weighted by Gasteiger charge is -2.13. The molecule has 0 aliphatic heterocycles. The summed E-state index contributed by atoms with van der Waals surface area (Å²) in [6, 6.07) is 5.68. The van der Waals surface area contributed by atoms with Crippen molar-refractivity contribution in [3.8, 4) is 0 Å². The quantitative estimate of drug-likeness (QED) is 0.626. The van der Waals surface area contributed by atoms with Gasteiger partial charge in [0.05, 0.1) is 5.56 Å². The number of alkyl halides is 3. The Kier molecular flexibility index (Phi) is 11.7. The molecule has 0 radical (unpaired) electrons. The van der Waals surface area contributed by atoms with E-state index in [0.29, 0.717) is 12.0 Å². The Morgan fingerprint density at radius 3 is 2.24 bits per heavy atom. The third-order valence-corrected chi connectivity index (χ3v) is 3.27. The number of carboxylic acid groups (broad SMARTS) is 1. The Morgan fingerprint density at radius 2 is 1.88 bits per heavy atom. The molecule has 0 bridgehead atoms. The van der Waals surface area contributed by atoms with Crippen molar-refractivity contribution in [2.75, 3.05) is 12.3 Å². The SMILES string of the molecule is CCNC(C)Cc1cccc(C(F)(F)F)c1.Cl.O=C(O)CS(=O)(=O)O. The van der Waals surface area contributed by atoms with E-state index in [4.69, 9.17) is 9.66 Å². The fourth-order valence-electron chi connectivity index (χ4n) is 1.80. The molecule has 0 saturated heterocycles. The molecule has 11 heteroatoms. The maximum Gasteiger partial charge on any atom is 0.416 e. The van der Waals surface area contributed by atoms with Crippen LogP contribution in [0.25, 0.3) is 0 Å². The summed E-state index contributed by atoms with van der Waals surface area (Å²) < 4.78 is 64.3. The van der Waals surface area contributed by atoms with Gasteiger partial charge in [-0.15, -0.1) is 12.4 Å². The maximum absolute atomic E-state index is 12.4. The zero-order chi connectivity index (χ0) is 19.0. The van der Waals surface area contributed by atoms with Gasteiger partial charge >= 0.3 is 12.1 Å². The lowest BCUT2D eigenvalue weighted by molar-refractivity contribution is -0.137. The molecule has 6 nitrogen and oxygen atoms in total. The molecule has 1 rings (SSSR count). The van der Waals surface area contributed by atoms with E-state index in [1.54, 1.807) is 6.07 Å². The van der Waals surface area contributed by atoms with Crippen molar-refractivity contribution in [3.63, 3.8) is 0 Å². The average molecular weight is 408 g/mol. The molecule has 0 amide bonds. The van der Waals surface area contributed by atoms with Gasteiger partial charge in [0.1, 0.15) is 0 Å². The van der Waals surface area contributed by atoms with Gasteiger partial charge in [0.2, 0.25) is 0 Å². The third-order valence-electron chi connectivity index (χ3n) is 2.65. The highest BCUT2D eigenvalue weighted by molar-refractivity contribution is 7.86. The van der Waals surface area contributed by atoms with Crippen molar-refractivity contribution in [3.05, 3.63) is 35.4 Å². The van der Waals surface area contributed by atoms with Gasteiger partial charge in [0, 0.05) is 6.04 Å². The average Bonchev–Trinajstić information content (AvgIpc) is 2.35. The summed E-state index contributed by atoms with van der Waals surface area (Å²) >= 11 is 0. The molecule has 1 atom stereocenters. The first-order valence-corrected chi connectivity index (χ1v) is 8.52. The van der Waals surface area contributed by atoms with Crippen LogP contribution in [0.2, 0.25) is 0 Å². The fourth-order valence-corrected chi connectivity index (χ4v) is 2.12. The Bertz CT molecular complexity index is 638. The van der Waals surface area contributed by atoms with E-state index in [-0.39, 0.29) is 18.4 Å². The number of likely N-dealkylation sites (N-methyl/N-ethyl adjacent to an activating group) is 1. The van der Waals surface area contributed by atoms with Gasteiger partial charge in [0.25, 0.3) is 10.1 Å². The summed E-state index contributed by atoms with van der Waals surface area (Å²) in [7, 11) is -4.32. The lowest BCUT2D eigenvalue weighted by Crippen LogP contribution is -2.27. The minimum absolute atomic E-state index is 0. The Morgan fingerprint density at radius 1 is 1.32 bits per heavy atom. The number of nitrogens with one attached hydrogen (secondary N) is 1. The van der Waals surface area contributed by atoms with Crippen molar-refractivity contribution in [2.24, 2.45) is 0 Å². The van der Waals surface area contributed by atoms with Gasteiger partial charge in [-0.1, -0.05) is 25.1 Å². The van der Waals surface area contributed by atoms with Crippen LogP contribution in [0.4, 0.5) is 13.2 Å². The molecule has 0 spiro atoms. The van der Waals surface area contributed by atoms with Crippen LogP contribution in [0.5, 0.6) is 0 Å². The lowest BCUT2D eigenvalue weighted by atomic mass is 10.0. The first-order chi connectivity index (χ1) is 10.8. The highest BCUT2D eigenvalue weighted by atomic mass is 35.5. The van der Waals surface area contributed by atoms with Crippen molar-refractivity contribution in [2.45, 2.75) is 32.5 Å². The van der Waals surface area contributed by atoms with Gasteiger partial charge < -0.3 is 10.4 Å². The summed E-state index contributed by atoms with van der Waals surface area (Å²) in [6.07, 6.45) is -3.64. The normalized spacial score (nSPS) is 12.4. The molecular formula is C14H21ClF3NO5S. The minimum Gasteiger partial charge on any atom is -0.480 e. The zero-order valence-electron chi connectivity index (χ0n) is 13.6. The number of aliphatic carboxylic acids is 1. The Balaban J connectivity index is 0. The van der Waals surface area contributed by atoms with E-state index in [0.717, 1.165) is 12.6 Å². The first kappa shape index (κ1) is 25.9. The smallest absolute Gasteiger partial charge is 0.416 e. The molecule has 1 unspecified atom stereocenters. The fraction of sp³-hybridized carbons (Fsp3) is 0.500. The number of carboxylic acids is 1. The number of hydrogen-bond donors (Lipinski definition) is 3. The number of hydrogen-bond acceptors (Lipinski definition) is 4. The van der Waals surface area contributed by atoms with Gasteiger partial charge in [0.15, 0.2) is 5.75 Å². The van der Waals surface area contributed by atoms with Crippen molar-refractivity contribution < 1.29 is 36.0 Å². The number of halogens is 4. The topological polar surface area (TPSA) is 104 Å². The highest BCUT2D eigenvalue weighted by Crippen LogP contribution is 2.29. The predicted molar refractivity (Wildman–Crippen MR) is 89.6 cm³/mol. The van der Waals surface area contributed by atoms with Crippen LogP contribution in [-0.2, 0) is 27.5 Å². The zero-order valence-corrected chi connectivity index (χ0v) is 15.2. The summed E-state index contributed by atoms with van der Waals surface area (Å²) in [5.41, 5.74) is 0.136. The summed E-state index contributed by atoms with van der Waals surface area (Å²) in [5, 5.41) is 10.9. The van der Waals surface area contributed by atoms with E-state index >= 15 is 0 Å². The monoisotopic (exact) mass is 407 g/mol. The van der Waals surface area contributed by atoms with Crippen LogP contribution in [0.3, 0.4) is 0 Å². The van der Waals surface area contributed by atoms with Gasteiger partial charge in [-0.05, 0) is 31.5 Å².